The number of carboxylic acids is 1. The van der Waals surface area contributed by atoms with Crippen molar-refractivity contribution in [3.05, 3.63) is 72.1 Å². The van der Waals surface area contributed by atoms with Crippen LogP contribution in [0.2, 0.25) is 0 Å². The molecule has 4 heteroatoms. The number of nitrogens with zero attached hydrogens (tertiary/aromatic N) is 2. The maximum atomic E-state index is 10.6. The maximum absolute atomic E-state index is 10.6. The molecule has 1 N–H and O–H groups in total. The van der Waals surface area contributed by atoms with Crippen LogP contribution >= 0.6 is 0 Å². The van der Waals surface area contributed by atoms with Gasteiger partial charge in [-0.1, -0.05) is 68.3 Å². The standard InChI is InChI=1S/C26H30N2O2/c1-2-3-4-8-21-18-27-26(28-19-21)24-16-14-23(15-17-24)22-12-10-20(11-13-22)7-5-6-9-25(29)30/h10-19H,2-9H2,1H3,(H,29,30). The topological polar surface area (TPSA) is 63.1 Å². The molecular weight excluding hydrogens is 372 g/mol. The second-order valence-electron chi connectivity index (χ2n) is 7.75. The smallest absolute Gasteiger partial charge is 0.303 e. The van der Waals surface area contributed by atoms with Crippen molar-refractivity contribution in [3.8, 4) is 22.5 Å². The zero-order valence-electron chi connectivity index (χ0n) is 17.7. The van der Waals surface area contributed by atoms with E-state index in [2.05, 4.69) is 65.4 Å². The van der Waals surface area contributed by atoms with Gasteiger partial charge in [0.2, 0.25) is 0 Å². The van der Waals surface area contributed by atoms with Crippen molar-refractivity contribution in [2.45, 2.75) is 58.3 Å². The number of benzene rings is 2. The first kappa shape index (κ1) is 21.7. The largest absolute Gasteiger partial charge is 0.481 e. The third-order valence-corrected chi connectivity index (χ3v) is 5.31. The van der Waals surface area contributed by atoms with Crippen LogP contribution in [0.4, 0.5) is 0 Å². The van der Waals surface area contributed by atoms with Crippen LogP contribution in [0.1, 0.15) is 56.6 Å². The molecule has 0 radical (unpaired) electrons. The quantitative estimate of drug-likeness (QED) is 0.380. The highest BCUT2D eigenvalue weighted by Gasteiger charge is 2.04. The van der Waals surface area contributed by atoms with E-state index in [0.717, 1.165) is 42.6 Å². The van der Waals surface area contributed by atoms with E-state index in [0.29, 0.717) is 0 Å². The zero-order valence-corrected chi connectivity index (χ0v) is 17.7. The molecule has 156 valence electrons. The second kappa shape index (κ2) is 11.2. The van der Waals surface area contributed by atoms with Crippen molar-refractivity contribution in [2.24, 2.45) is 0 Å². The second-order valence-corrected chi connectivity index (χ2v) is 7.75. The third kappa shape index (κ3) is 6.51. The predicted molar refractivity (Wildman–Crippen MR) is 121 cm³/mol. The van der Waals surface area contributed by atoms with Crippen molar-refractivity contribution in [3.63, 3.8) is 0 Å². The van der Waals surface area contributed by atoms with E-state index < -0.39 is 5.97 Å². The molecule has 4 nitrogen and oxygen atoms in total. The van der Waals surface area contributed by atoms with Crippen LogP contribution in [-0.4, -0.2) is 21.0 Å². The minimum Gasteiger partial charge on any atom is -0.481 e. The lowest BCUT2D eigenvalue weighted by Gasteiger charge is -2.07. The summed E-state index contributed by atoms with van der Waals surface area (Å²) in [6.07, 6.45) is 11.4. The van der Waals surface area contributed by atoms with Gasteiger partial charge in [0.05, 0.1) is 0 Å². The first-order chi connectivity index (χ1) is 14.7. The molecule has 0 unspecified atom stereocenters. The lowest BCUT2D eigenvalue weighted by Crippen LogP contribution is -1.95. The number of aromatic nitrogens is 2. The molecule has 1 heterocycles. The van der Waals surface area contributed by atoms with Crippen LogP contribution < -0.4 is 0 Å². The highest BCUT2D eigenvalue weighted by molar-refractivity contribution is 5.68. The number of unbranched alkanes of at least 4 members (excludes halogenated alkanes) is 3. The molecule has 0 amide bonds. The van der Waals surface area contributed by atoms with Crippen molar-refractivity contribution < 1.29 is 9.90 Å². The Balaban J connectivity index is 1.58. The zero-order chi connectivity index (χ0) is 21.2. The van der Waals surface area contributed by atoms with Gasteiger partial charge in [-0.25, -0.2) is 9.97 Å². The van der Waals surface area contributed by atoms with Gasteiger partial charge < -0.3 is 5.11 Å². The first-order valence-electron chi connectivity index (χ1n) is 10.9. The average Bonchev–Trinajstić information content (AvgIpc) is 2.78. The van der Waals surface area contributed by atoms with E-state index in [1.165, 1.54) is 36.0 Å². The molecule has 2 aromatic carbocycles. The van der Waals surface area contributed by atoms with Crippen molar-refractivity contribution in [1.82, 2.24) is 9.97 Å². The van der Waals surface area contributed by atoms with E-state index in [4.69, 9.17) is 5.11 Å². The Labute approximate surface area is 179 Å². The Morgan fingerprint density at radius 2 is 1.27 bits per heavy atom. The number of hydrogen-bond acceptors (Lipinski definition) is 3. The fourth-order valence-electron chi connectivity index (χ4n) is 3.49. The van der Waals surface area contributed by atoms with E-state index in [1.807, 2.05) is 12.4 Å². The Morgan fingerprint density at radius 1 is 0.733 bits per heavy atom. The van der Waals surface area contributed by atoms with E-state index in [1.54, 1.807) is 0 Å². The normalized spacial score (nSPS) is 10.8. The van der Waals surface area contributed by atoms with E-state index in [-0.39, 0.29) is 6.42 Å². The van der Waals surface area contributed by atoms with Crippen LogP contribution in [0, 0.1) is 0 Å². The molecule has 0 aliphatic heterocycles. The first-order valence-corrected chi connectivity index (χ1v) is 10.9. The van der Waals surface area contributed by atoms with Crippen molar-refractivity contribution in [2.75, 3.05) is 0 Å². The minimum atomic E-state index is -0.720. The Hall–Kier alpha value is -3.01. The van der Waals surface area contributed by atoms with Crippen LogP contribution in [0.5, 0.6) is 0 Å². The highest BCUT2D eigenvalue weighted by Crippen LogP contribution is 2.24. The van der Waals surface area contributed by atoms with Gasteiger partial charge in [-0.3, -0.25) is 4.79 Å². The number of carbonyl (C=O) groups is 1. The van der Waals surface area contributed by atoms with Crippen LogP contribution in [0.15, 0.2) is 60.9 Å². The summed E-state index contributed by atoms with van der Waals surface area (Å²) in [7, 11) is 0. The summed E-state index contributed by atoms with van der Waals surface area (Å²) < 4.78 is 0. The fourth-order valence-corrected chi connectivity index (χ4v) is 3.49. The molecule has 0 aliphatic carbocycles. The van der Waals surface area contributed by atoms with Crippen molar-refractivity contribution >= 4 is 5.97 Å². The Kier molecular flexibility index (Phi) is 8.13. The van der Waals surface area contributed by atoms with E-state index >= 15 is 0 Å². The molecule has 30 heavy (non-hydrogen) atoms. The number of hydrogen-bond donors (Lipinski definition) is 1. The molecule has 0 aliphatic rings. The monoisotopic (exact) mass is 402 g/mol. The van der Waals surface area contributed by atoms with E-state index in [9.17, 15) is 4.79 Å². The molecule has 1 aromatic heterocycles. The SMILES string of the molecule is CCCCCc1cnc(-c2ccc(-c3ccc(CCCCC(=O)O)cc3)cc2)nc1. The van der Waals surface area contributed by atoms with Gasteiger partial charge in [0.1, 0.15) is 0 Å². The summed E-state index contributed by atoms with van der Waals surface area (Å²) in [4.78, 5) is 19.7. The van der Waals surface area contributed by atoms with Gasteiger partial charge in [0.15, 0.2) is 5.82 Å². The van der Waals surface area contributed by atoms with Crippen LogP contribution in [0.3, 0.4) is 0 Å². The van der Waals surface area contributed by atoms with Gasteiger partial charge in [-0.2, -0.15) is 0 Å². The average molecular weight is 403 g/mol. The minimum absolute atomic E-state index is 0.246. The highest BCUT2D eigenvalue weighted by atomic mass is 16.4. The Morgan fingerprint density at radius 3 is 1.87 bits per heavy atom. The lowest BCUT2D eigenvalue weighted by atomic mass is 10.0. The Bertz CT molecular complexity index is 917. The summed E-state index contributed by atoms with van der Waals surface area (Å²) in [5, 5.41) is 8.71. The molecule has 0 saturated carbocycles. The summed E-state index contributed by atoms with van der Waals surface area (Å²) in [6, 6.07) is 16.9. The van der Waals surface area contributed by atoms with Crippen molar-refractivity contribution in [1.29, 1.82) is 0 Å². The van der Waals surface area contributed by atoms with Gasteiger partial charge in [-0.05, 0) is 54.4 Å². The number of carboxylic acid groups (broad SMARTS) is 1. The summed E-state index contributed by atoms with van der Waals surface area (Å²) in [6.45, 7) is 2.21. The number of aryl methyl sites for hydroxylation is 2. The summed E-state index contributed by atoms with van der Waals surface area (Å²) in [5.41, 5.74) is 5.80. The number of rotatable bonds is 11. The molecule has 0 atom stereocenters. The molecule has 3 aromatic rings. The third-order valence-electron chi connectivity index (χ3n) is 5.31. The van der Waals surface area contributed by atoms with Gasteiger partial charge in [0, 0.05) is 24.4 Å². The molecule has 0 bridgehead atoms. The van der Waals surface area contributed by atoms with Gasteiger partial charge >= 0.3 is 5.97 Å². The lowest BCUT2D eigenvalue weighted by molar-refractivity contribution is -0.137. The molecular formula is C26H30N2O2. The summed E-state index contributed by atoms with van der Waals surface area (Å²) >= 11 is 0. The molecule has 0 saturated heterocycles. The molecule has 0 spiro atoms. The van der Waals surface area contributed by atoms with Gasteiger partial charge in [0.25, 0.3) is 0 Å². The van der Waals surface area contributed by atoms with Crippen LogP contribution in [0.25, 0.3) is 22.5 Å². The molecule has 0 fully saturated rings. The van der Waals surface area contributed by atoms with Crippen LogP contribution in [-0.2, 0) is 17.6 Å². The number of aliphatic carboxylic acids is 1. The predicted octanol–water partition coefficient (Wildman–Crippen LogP) is 6.34. The molecule has 3 rings (SSSR count). The fraction of sp³-hybridized carbons (Fsp3) is 0.346. The summed E-state index contributed by atoms with van der Waals surface area (Å²) in [5.74, 6) is 0.0413. The maximum Gasteiger partial charge on any atom is 0.303 e. The van der Waals surface area contributed by atoms with Gasteiger partial charge in [-0.15, -0.1) is 0 Å².